The van der Waals surface area contributed by atoms with Crippen LogP contribution in [0.3, 0.4) is 0 Å². The first-order valence-electron chi connectivity index (χ1n) is 8.98. The molecule has 0 amide bonds. The van der Waals surface area contributed by atoms with Gasteiger partial charge >= 0.3 is 0 Å². The summed E-state index contributed by atoms with van der Waals surface area (Å²) in [5.74, 6) is 0. The van der Waals surface area contributed by atoms with Gasteiger partial charge in [0.2, 0.25) is 0 Å². The number of fused-ring (bicyclic) bond motifs is 2. The van der Waals surface area contributed by atoms with E-state index in [0.717, 1.165) is 32.4 Å². The Hall–Kier alpha value is -1.45. The maximum atomic E-state index is 3.28. The SMILES string of the molecule is CNCCCN1c2ccccc2CCc2ccc(SC(C)C)cc21. The molecule has 1 N–H and O–H groups in total. The molecular weight excluding hydrogens is 312 g/mol. The lowest BCUT2D eigenvalue weighted by molar-refractivity contribution is 0.722. The van der Waals surface area contributed by atoms with E-state index in [2.05, 4.69) is 66.5 Å². The average Bonchev–Trinajstić information content (AvgIpc) is 2.72. The third-order valence-electron chi connectivity index (χ3n) is 4.47. The van der Waals surface area contributed by atoms with Crippen LogP contribution < -0.4 is 10.2 Å². The van der Waals surface area contributed by atoms with Gasteiger partial charge in [-0.1, -0.05) is 38.1 Å². The van der Waals surface area contributed by atoms with Crippen molar-refractivity contribution in [2.75, 3.05) is 25.0 Å². The van der Waals surface area contributed by atoms with Crippen molar-refractivity contribution < 1.29 is 0 Å². The largest absolute Gasteiger partial charge is 0.341 e. The van der Waals surface area contributed by atoms with E-state index >= 15 is 0 Å². The highest BCUT2D eigenvalue weighted by atomic mass is 32.2. The molecule has 2 aromatic carbocycles. The van der Waals surface area contributed by atoms with E-state index in [9.17, 15) is 0 Å². The first-order chi connectivity index (χ1) is 11.7. The van der Waals surface area contributed by atoms with Crippen molar-refractivity contribution in [2.24, 2.45) is 0 Å². The van der Waals surface area contributed by atoms with Gasteiger partial charge in [0.15, 0.2) is 0 Å². The molecule has 3 rings (SSSR count). The number of rotatable bonds is 6. The van der Waals surface area contributed by atoms with Gasteiger partial charge < -0.3 is 10.2 Å². The first-order valence-corrected chi connectivity index (χ1v) is 9.86. The smallest absolute Gasteiger partial charge is 0.0454 e. The molecule has 0 fully saturated rings. The number of anilines is 2. The fraction of sp³-hybridized carbons (Fsp3) is 0.429. The van der Waals surface area contributed by atoms with Crippen LogP contribution in [-0.2, 0) is 12.8 Å². The van der Waals surface area contributed by atoms with E-state index in [0.29, 0.717) is 5.25 Å². The Morgan fingerprint density at radius 1 is 1.04 bits per heavy atom. The number of benzene rings is 2. The molecule has 1 heterocycles. The van der Waals surface area contributed by atoms with Crippen LogP contribution in [-0.4, -0.2) is 25.4 Å². The van der Waals surface area contributed by atoms with Crippen LogP contribution in [0.25, 0.3) is 0 Å². The molecule has 0 aliphatic carbocycles. The van der Waals surface area contributed by atoms with Gasteiger partial charge in [0.1, 0.15) is 0 Å². The fourth-order valence-electron chi connectivity index (χ4n) is 3.39. The normalized spacial score (nSPS) is 13.6. The van der Waals surface area contributed by atoms with Gasteiger partial charge in [0, 0.05) is 28.1 Å². The second kappa shape index (κ2) is 8.09. The van der Waals surface area contributed by atoms with Gasteiger partial charge in [-0.15, -0.1) is 11.8 Å². The van der Waals surface area contributed by atoms with Crippen LogP contribution in [0.5, 0.6) is 0 Å². The number of thioether (sulfide) groups is 1. The van der Waals surface area contributed by atoms with E-state index in [1.54, 1.807) is 0 Å². The Morgan fingerprint density at radius 3 is 2.54 bits per heavy atom. The number of hydrogen-bond acceptors (Lipinski definition) is 3. The van der Waals surface area contributed by atoms with E-state index < -0.39 is 0 Å². The predicted molar refractivity (Wildman–Crippen MR) is 107 cm³/mol. The molecule has 2 aromatic rings. The van der Waals surface area contributed by atoms with Crippen LogP contribution >= 0.6 is 11.8 Å². The molecule has 0 bridgehead atoms. The van der Waals surface area contributed by atoms with Crippen molar-refractivity contribution in [1.29, 1.82) is 0 Å². The van der Waals surface area contributed by atoms with Crippen molar-refractivity contribution in [3.63, 3.8) is 0 Å². The zero-order chi connectivity index (χ0) is 16.9. The summed E-state index contributed by atoms with van der Waals surface area (Å²) in [6.45, 7) is 6.63. The van der Waals surface area contributed by atoms with Gasteiger partial charge in [-0.05, 0) is 62.2 Å². The van der Waals surface area contributed by atoms with E-state index in [4.69, 9.17) is 0 Å². The molecule has 0 aromatic heterocycles. The second-order valence-electron chi connectivity index (χ2n) is 6.69. The summed E-state index contributed by atoms with van der Waals surface area (Å²) in [6.07, 6.45) is 3.40. The highest BCUT2D eigenvalue weighted by molar-refractivity contribution is 7.99. The number of nitrogens with one attached hydrogen (secondary N) is 1. The molecule has 0 spiro atoms. The van der Waals surface area contributed by atoms with Gasteiger partial charge in [-0.3, -0.25) is 0 Å². The van der Waals surface area contributed by atoms with Crippen LogP contribution in [0, 0.1) is 0 Å². The quantitative estimate of drug-likeness (QED) is 0.586. The number of nitrogens with zero attached hydrogens (tertiary/aromatic N) is 1. The standard InChI is InChI=1S/C21H28N2S/c1-16(2)24-19-12-11-18-10-9-17-7-4-5-8-20(17)23(21(18)15-19)14-6-13-22-3/h4-5,7-8,11-12,15-16,22H,6,9-10,13-14H2,1-3H3. The molecule has 3 heteroatoms. The zero-order valence-electron chi connectivity index (χ0n) is 15.0. The number of aryl methyl sites for hydroxylation is 2. The average molecular weight is 341 g/mol. The topological polar surface area (TPSA) is 15.3 Å². The van der Waals surface area contributed by atoms with Crippen molar-refractivity contribution in [3.8, 4) is 0 Å². The lowest BCUT2D eigenvalue weighted by atomic mass is 10.0. The van der Waals surface area contributed by atoms with Crippen molar-refractivity contribution in [3.05, 3.63) is 53.6 Å². The molecule has 24 heavy (non-hydrogen) atoms. The van der Waals surface area contributed by atoms with Gasteiger partial charge in [-0.2, -0.15) is 0 Å². The summed E-state index contributed by atoms with van der Waals surface area (Å²) in [5.41, 5.74) is 5.74. The minimum atomic E-state index is 0.610. The molecule has 1 aliphatic rings. The molecule has 128 valence electrons. The lowest BCUT2D eigenvalue weighted by Crippen LogP contribution is -2.23. The van der Waals surface area contributed by atoms with Crippen LogP contribution in [0.1, 0.15) is 31.4 Å². The van der Waals surface area contributed by atoms with Crippen LogP contribution in [0.2, 0.25) is 0 Å². The zero-order valence-corrected chi connectivity index (χ0v) is 15.8. The van der Waals surface area contributed by atoms with Crippen molar-refractivity contribution >= 4 is 23.1 Å². The molecule has 0 saturated carbocycles. The van der Waals surface area contributed by atoms with E-state index in [1.165, 1.54) is 27.4 Å². The van der Waals surface area contributed by atoms with Gasteiger partial charge in [-0.25, -0.2) is 0 Å². The molecule has 0 radical (unpaired) electrons. The van der Waals surface area contributed by atoms with Gasteiger partial charge in [0.25, 0.3) is 0 Å². The summed E-state index contributed by atoms with van der Waals surface area (Å²) >= 11 is 1.95. The number of hydrogen-bond donors (Lipinski definition) is 1. The van der Waals surface area contributed by atoms with E-state index in [1.807, 2.05) is 18.8 Å². The maximum Gasteiger partial charge on any atom is 0.0454 e. The summed E-state index contributed by atoms with van der Waals surface area (Å²) < 4.78 is 0. The minimum Gasteiger partial charge on any atom is -0.341 e. The van der Waals surface area contributed by atoms with Crippen molar-refractivity contribution in [2.45, 2.75) is 43.3 Å². The summed E-state index contributed by atoms with van der Waals surface area (Å²) in [6, 6.07) is 16.0. The Kier molecular flexibility index (Phi) is 5.85. The number of para-hydroxylation sites is 1. The second-order valence-corrected chi connectivity index (χ2v) is 8.34. The van der Waals surface area contributed by atoms with Crippen molar-refractivity contribution in [1.82, 2.24) is 5.32 Å². The molecule has 1 aliphatic heterocycles. The maximum absolute atomic E-state index is 3.28. The molecule has 0 unspecified atom stereocenters. The van der Waals surface area contributed by atoms with Gasteiger partial charge in [0.05, 0.1) is 0 Å². The summed E-state index contributed by atoms with van der Waals surface area (Å²) in [4.78, 5) is 3.92. The third kappa shape index (κ3) is 3.96. The highest BCUT2D eigenvalue weighted by Gasteiger charge is 2.20. The van der Waals surface area contributed by atoms with Crippen LogP contribution in [0.15, 0.2) is 47.4 Å². The molecule has 0 atom stereocenters. The predicted octanol–water partition coefficient (Wildman–Crippen LogP) is 5.03. The fourth-order valence-corrected chi connectivity index (χ4v) is 4.26. The summed E-state index contributed by atoms with van der Waals surface area (Å²) in [7, 11) is 2.03. The Bertz CT molecular complexity index is 681. The Morgan fingerprint density at radius 2 is 1.79 bits per heavy atom. The molecule has 2 nitrogen and oxygen atoms in total. The lowest BCUT2D eigenvalue weighted by Gasteiger charge is -2.27. The van der Waals surface area contributed by atoms with Crippen LogP contribution in [0.4, 0.5) is 11.4 Å². The monoisotopic (exact) mass is 340 g/mol. The molecular formula is C21H28N2S. The first kappa shape index (κ1) is 17.4. The molecule has 0 saturated heterocycles. The Labute approximate surface area is 150 Å². The highest BCUT2D eigenvalue weighted by Crippen LogP contribution is 2.38. The minimum absolute atomic E-state index is 0.610. The third-order valence-corrected chi connectivity index (χ3v) is 5.47. The summed E-state index contributed by atoms with van der Waals surface area (Å²) in [5, 5.41) is 3.89. The van der Waals surface area contributed by atoms with E-state index in [-0.39, 0.29) is 0 Å². The Balaban J connectivity index is 2.00.